The number of nitrogens with zero attached hydrogens (tertiary/aromatic N) is 1. The van der Waals surface area contributed by atoms with Gasteiger partial charge in [-0.15, -0.1) is 0 Å². The van der Waals surface area contributed by atoms with Crippen LogP contribution in [-0.4, -0.2) is 47.3 Å². The molecule has 118 valence electrons. The number of likely N-dealkylation sites (tertiary alicyclic amines) is 1. The molecule has 1 aliphatic carbocycles. The second kappa shape index (κ2) is 7.77. The van der Waals surface area contributed by atoms with Crippen molar-refractivity contribution in [1.29, 1.82) is 0 Å². The van der Waals surface area contributed by atoms with Gasteiger partial charge in [-0.2, -0.15) is 0 Å². The van der Waals surface area contributed by atoms with E-state index in [4.69, 9.17) is 0 Å². The van der Waals surface area contributed by atoms with Crippen LogP contribution in [0.5, 0.6) is 0 Å². The zero-order valence-corrected chi connectivity index (χ0v) is 13.5. The molecular formula is C17H34N2O. The highest BCUT2D eigenvalue weighted by Gasteiger charge is 2.31. The first-order chi connectivity index (χ1) is 9.63. The molecule has 0 aromatic heterocycles. The van der Waals surface area contributed by atoms with Crippen molar-refractivity contribution < 1.29 is 5.11 Å². The van der Waals surface area contributed by atoms with E-state index in [1.165, 1.54) is 64.5 Å². The standard InChI is InChI=1S/C17H34N2O/c1-15-8-4-3-6-12-19(15)13-7-5-11-17(2,14-20)18-16-9-10-16/h15-16,18,20H,3-14H2,1-2H3. The summed E-state index contributed by atoms with van der Waals surface area (Å²) in [5.41, 5.74) is -0.0500. The minimum absolute atomic E-state index is 0.0500. The molecule has 0 amide bonds. The molecule has 1 heterocycles. The molecule has 1 aliphatic heterocycles. The van der Waals surface area contributed by atoms with E-state index in [-0.39, 0.29) is 12.1 Å². The Labute approximate surface area is 125 Å². The first-order valence-corrected chi connectivity index (χ1v) is 8.75. The first kappa shape index (κ1) is 16.3. The molecule has 2 fully saturated rings. The van der Waals surface area contributed by atoms with Crippen molar-refractivity contribution in [2.24, 2.45) is 0 Å². The number of aliphatic hydroxyl groups excluding tert-OH is 1. The highest BCUT2D eigenvalue weighted by molar-refractivity contribution is 4.92. The van der Waals surface area contributed by atoms with Crippen molar-refractivity contribution in [2.45, 2.75) is 89.3 Å². The lowest BCUT2D eigenvalue weighted by Gasteiger charge is -2.30. The normalized spacial score (nSPS) is 28.1. The summed E-state index contributed by atoms with van der Waals surface area (Å²) in [6.45, 7) is 7.37. The van der Waals surface area contributed by atoms with Gasteiger partial charge in [0.15, 0.2) is 0 Å². The van der Waals surface area contributed by atoms with Gasteiger partial charge in [0.05, 0.1) is 6.61 Å². The number of aliphatic hydroxyl groups is 1. The number of rotatable bonds is 8. The van der Waals surface area contributed by atoms with E-state index >= 15 is 0 Å². The molecule has 2 N–H and O–H groups in total. The summed E-state index contributed by atoms with van der Waals surface area (Å²) in [6.07, 6.45) is 11.7. The highest BCUT2D eigenvalue weighted by Crippen LogP contribution is 2.25. The zero-order chi connectivity index (χ0) is 14.4. The molecule has 1 saturated heterocycles. The third kappa shape index (κ3) is 5.34. The first-order valence-electron chi connectivity index (χ1n) is 8.75. The molecule has 2 rings (SSSR count). The van der Waals surface area contributed by atoms with E-state index in [2.05, 4.69) is 24.1 Å². The van der Waals surface area contributed by atoms with E-state index in [0.29, 0.717) is 6.04 Å². The van der Waals surface area contributed by atoms with Crippen LogP contribution in [-0.2, 0) is 0 Å². The van der Waals surface area contributed by atoms with Crippen molar-refractivity contribution in [3.63, 3.8) is 0 Å². The summed E-state index contributed by atoms with van der Waals surface area (Å²) >= 11 is 0. The average molecular weight is 282 g/mol. The summed E-state index contributed by atoms with van der Waals surface area (Å²) < 4.78 is 0. The van der Waals surface area contributed by atoms with Gasteiger partial charge in [0.25, 0.3) is 0 Å². The quantitative estimate of drug-likeness (QED) is 0.672. The van der Waals surface area contributed by atoms with Crippen LogP contribution in [0.3, 0.4) is 0 Å². The van der Waals surface area contributed by atoms with Crippen molar-refractivity contribution in [3.8, 4) is 0 Å². The Morgan fingerprint density at radius 2 is 1.95 bits per heavy atom. The smallest absolute Gasteiger partial charge is 0.0610 e. The Bertz CT molecular complexity index is 280. The predicted molar refractivity (Wildman–Crippen MR) is 85.0 cm³/mol. The maximum absolute atomic E-state index is 9.62. The maximum atomic E-state index is 9.62. The van der Waals surface area contributed by atoms with Gasteiger partial charge in [-0.25, -0.2) is 0 Å². The minimum atomic E-state index is -0.0500. The van der Waals surface area contributed by atoms with E-state index in [9.17, 15) is 5.11 Å². The fourth-order valence-corrected chi connectivity index (χ4v) is 3.41. The number of hydrogen-bond donors (Lipinski definition) is 2. The highest BCUT2D eigenvalue weighted by atomic mass is 16.3. The largest absolute Gasteiger partial charge is 0.394 e. The summed E-state index contributed by atoms with van der Waals surface area (Å²) in [6, 6.07) is 1.45. The Balaban J connectivity index is 1.63. The molecule has 3 nitrogen and oxygen atoms in total. The van der Waals surface area contributed by atoms with Crippen LogP contribution in [0.25, 0.3) is 0 Å². The van der Waals surface area contributed by atoms with Crippen molar-refractivity contribution in [3.05, 3.63) is 0 Å². The molecule has 0 aromatic carbocycles. The third-order valence-corrected chi connectivity index (χ3v) is 5.09. The van der Waals surface area contributed by atoms with Crippen LogP contribution < -0.4 is 5.32 Å². The SMILES string of the molecule is CC1CCCCCN1CCCCC(C)(CO)NC1CC1. The van der Waals surface area contributed by atoms with Crippen LogP contribution in [0, 0.1) is 0 Å². The summed E-state index contributed by atoms with van der Waals surface area (Å²) in [5, 5.41) is 13.2. The Hall–Kier alpha value is -0.120. The van der Waals surface area contributed by atoms with Gasteiger partial charge in [-0.1, -0.05) is 19.3 Å². The number of hydrogen-bond acceptors (Lipinski definition) is 3. The maximum Gasteiger partial charge on any atom is 0.0610 e. The van der Waals surface area contributed by atoms with E-state index in [0.717, 1.165) is 12.5 Å². The van der Waals surface area contributed by atoms with Gasteiger partial charge in [0.2, 0.25) is 0 Å². The summed E-state index contributed by atoms with van der Waals surface area (Å²) in [4.78, 5) is 2.68. The molecule has 3 heteroatoms. The Kier molecular flexibility index (Phi) is 6.31. The minimum Gasteiger partial charge on any atom is -0.394 e. The molecule has 0 radical (unpaired) electrons. The molecule has 20 heavy (non-hydrogen) atoms. The molecule has 2 atom stereocenters. The summed E-state index contributed by atoms with van der Waals surface area (Å²) in [5.74, 6) is 0. The molecule has 0 bridgehead atoms. The van der Waals surface area contributed by atoms with Crippen molar-refractivity contribution >= 4 is 0 Å². The fourth-order valence-electron chi connectivity index (χ4n) is 3.41. The molecular weight excluding hydrogens is 248 g/mol. The Morgan fingerprint density at radius 3 is 2.65 bits per heavy atom. The molecule has 2 unspecified atom stereocenters. The van der Waals surface area contributed by atoms with Crippen LogP contribution in [0.15, 0.2) is 0 Å². The lowest BCUT2D eigenvalue weighted by atomic mass is 9.95. The molecule has 0 aromatic rings. The van der Waals surface area contributed by atoms with E-state index < -0.39 is 0 Å². The van der Waals surface area contributed by atoms with Crippen LogP contribution >= 0.6 is 0 Å². The fraction of sp³-hybridized carbons (Fsp3) is 1.00. The molecule has 2 aliphatic rings. The van der Waals surface area contributed by atoms with Crippen molar-refractivity contribution in [2.75, 3.05) is 19.7 Å². The lowest BCUT2D eigenvalue weighted by Crippen LogP contribution is -2.47. The predicted octanol–water partition coefficient (Wildman–Crippen LogP) is 2.92. The average Bonchev–Trinajstić information content (AvgIpc) is 3.25. The van der Waals surface area contributed by atoms with Gasteiger partial charge in [-0.3, -0.25) is 0 Å². The second-order valence-electron chi connectivity index (χ2n) is 7.33. The summed E-state index contributed by atoms with van der Waals surface area (Å²) in [7, 11) is 0. The third-order valence-electron chi connectivity index (χ3n) is 5.09. The number of unbranched alkanes of at least 4 members (excludes halogenated alkanes) is 1. The van der Waals surface area contributed by atoms with Gasteiger partial charge in [0.1, 0.15) is 0 Å². The lowest BCUT2D eigenvalue weighted by molar-refractivity contribution is 0.156. The van der Waals surface area contributed by atoms with Gasteiger partial charge >= 0.3 is 0 Å². The van der Waals surface area contributed by atoms with Gasteiger partial charge in [-0.05, 0) is 65.5 Å². The van der Waals surface area contributed by atoms with Gasteiger partial charge < -0.3 is 15.3 Å². The van der Waals surface area contributed by atoms with E-state index in [1.807, 2.05) is 0 Å². The topological polar surface area (TPSA) is 35.5 Å². The van der Waals surface area contributed by atoms with Gasteiger partial charge in [0, 0.05) is 17.6 Å². The zero-order valence-electron chi connectivity index (χ0n) is 13.5. The van der Waals surface area contributed by atoms with Crippen LogP contribution in [0.4, 0.5) is 0 Å². The van der Waals surface area contributed by atoms with E-state index in [1.54, 1.807) is 0 Å². The van der Waals surface area contributed by atoms with Crippen molar-refractivity contribution in [1.82, 2.24) is 10.2 Å². The van der Waals surface area contributed by atoms with Crippen LogP contribution in [0.1, 0.15) is 71.6 Å². The monoisotopic (exact) mass is 282 g/mol. The second-order valence-corrected chi connectivity index (χ2v) is 7.33. The van der Waals surface area contributed by atoms with Crippen LogP contribution in [0.2, 0.25) is 0 Å². The number of nitrogens with one attached hydrogen (secondary N) is 1. The molecule has 1 saturated carbocycles. The Morgan fingerprint density at radius 1 is 1.15 bits per heavy atom. The molecule has 0 spiro atoms.